The summed E-state index contributed by atoms with van der Waals surface area (Å²) < 4.78 is 6.08. The smallest absolute Gasteiger partial charge is 0.243 e. The van der Waals surface area contributed by atoms with Crippen molar-refractivity contribution in [1.29, 1.82) is 0 Å². The number of ether oxygens (including phenoxy) is 1. The Morgan fingerprint density at radius 1 is 1.56 bits per heavy atom. The van der Waals surface area contributed by atoms with E-state index in [4.69, 9.17) is 4.74 Å². The average Bonchev–Trinajstić information content (AvgIpc) is 2.22. The molecule has 0 unspecified atom stereocenters. The van der Waals surface area contributed by atoms with Crippen LogP contribution in [-0.4, -0.2) is 12.0 Å². The van der Waals surface area contributed by atoms with Crippen molar-refractivity contribution in [1.82, 2.24) is 0 Å². The molecule has 1 aromatic rings. The van der Waals surface area contributed by atoms with Gasteiger partial charge in [-0.05, 0) is 24.6 Å². The highest BCUT2D eigenvalue weighted by atomic mass is 79.9. The van der Waals surface area contributed by atoms with Crippen molar-refractivity contribution in [2.45, 2.75) is 13.8 Å². The Morgan fingerprint density at radius 2 is 2.19 bits per heavy atom. The lowest BCUT2D eigenvalue weighted by atomic mass is 10.1. The molecule has 0 aliphatic rings. The Morgan fingerprint density at radius 3 is 2.69 bits per heavy atom. The minimum atomic E-state index is -0.420. The zero-order valence-corrected chi connectivity index (χ0v) is 10.9. The van der Waals surface area contributed by atoms with E-state index in [2.05, 4.69) is 15.9 Å². The summed E-state index contributed by atoms with van der Waals surface area (Å²) in [5.41, 5.74) is 1.79. The van der Waals surface area contributed by atoms with Crippen molar-refractivity contribution in [2.24, 2.45) is 0 Å². The molecule has 0 radical (unpaired) electrons. The molecule has 0 fully saturated rings. The van der Waals surface area contributed by atoms with Crippen LogP contribution in [0.4, 0.5) is 0 Å². The molecule has 1 aromatic carbocycles. The lowest BCUT2D eigenvalue weighted by Gasteiger charge is -2.07. The number of halogens is 1. The molecule has 0 amide bonds. The third-order valence-corrected chi connectivity index (χ3v) is 3.02. The SMILES string of the molecule is COc1cc(Br)c(C)cc1/C=C(\C)[N+](=O)[O-]. The number of nitro groups is 1. The maximum Gasteiger partial charge on any atom is 0.243 e. The summed E-state index contributed by atoms with van der Waals surface area (Å²) in [4.78, 5) is 10.1. The van der Waals surface area contributed by atoms with Crippen LogP contribution in [0.1, 0.15) is 18.1 Å². The number of allylic oxidation sites excluding steroid dienone is 1. The fourth-order valence-electron chi connectivity index (χ4n) is 1.25. The van der Waals surface area contributed by atoms with Gasteiger partial charge >= 0.3 is 0 Å². The summed E-state index contributed by atoms with van der Waals surface area (Å²) in [6.45, 7) is 3.37. The first kappa shape index (κ1) is 12.7. The minimum Gasteiger partial charge on any atom is -0.496 e. The Hall–Kier alpha value is -1.36. The molecule has 0 saturated heterocycles. The average molecular weight is 286 g/mol. The molecule has 0 heterocycles. The van der Waals surface area contributed by atoms with Crippen LogP contribution in [-0.2, 0) is 0 Å². The number of methoxy groups -OCH3 is 1. The van der Waals surface area contributed by atoms with Gasteiger partial charge in [0.15, 0.2) is 0 Å². The van der Waals surface area contributed by atoms with Gasteiger partial charge in [0.1, 0.15) is 5.75 Å². The molecule has 16 heavy (non-hydrogen) atoms. The fraction of sp³-hybridized carbons (Fsp3) is 0.273. The number of hydrogen-bond acceptors (Lipinski definition) is 3. The van der Waals surface area contributed by atoms with Crippen LogP contribution < -0.4 is 4.74 Å². The summed E-state index contributed by atoms with van der Waals surface area (Å²) in [6, 6.07) is 3.64. The van der Waals surface area contributed by atoms with Gasteiger partial charge in [0, 0.05) is 23.0 Å². The Labute approximate surface area is 102 Å². The highest BCUT2D eigenvalue weighted by Crippen LogP contribution is 2.28. The number of nitrogens with zero attached hydrogens (tertiary/aromatic N) is 1. The lowest BCUT2D eigenvalue weighted by molar-refractivity contribution is -0.422. The molecule has 0 aromatic heterocycles. The Bertz CT molecular complexity index is 455. The lowest BCUT2D eigenvalue weighted by Crippen LogP contribution is -1.95. The monoisotopic (exact) mass is 285 g/mol. The zero-order valence-electron chi connectivity index (χ0n) is 9.28. The number of aryl methyl sites for hydroxylation is 1. The third kappa shape index (κ3) is 2.82. The Balaban J connectivity index is 3.27. The molecule has 0 N–H and O–H groups in total. The van der Waals surface area contributed by atoms with E-state index < -0.39 is 4.92 Å². The zero-order chi connectivity index (χ0) is 12.3. The summed E-state index contributed by atoms with van der Waals surface area (Å²) in [5.74, 6) is 0.610. The molecule has 0 aliphatic heterocycles. The summed E-state index contributed by atoms with van der Waals surface area (Å²) in [6.07, 6.45) is 1.50. The highest BCUT2D eigenvalue weighted by Gasteiger charge is 2.08. The second-order valence-corrected chi connectivity index (χ2v) is 4.24. The van der Waals surface area contributed by atoms with Crippen LogP contribution in [0.3, 0.4) is 0 Å². The van der Waals surface area contributed by atoms with E-state index in [0.717, 1.165) is 10.0 Å². The topological polar surface area (TPSA) is 52.4 Å². The fourth-order valence-corrected chi connectivity index (χ4v) is 1.58. The number of benzene rings is 1. The maximum absolute atomic E-state index is 10.5. The quantitative estimate of drug-likeness (QED) is 0.632. The van der Waals surface area contributed by atoms with Gasteiger partial charge in [0.05, 0.1) is 12.0 Å². The first-order chi connectivity index (χ1) is 7.45. The van der Waals surface area contributed by atoms with Crippen molar-refractivity contribution >= 4 is 22.0 Å². The van der Waals surface area contributed by atoms with E-state index in [1.54, 1.807) is 6.07 Å². The van der Waals surface area contributed by atoms with Crippen LogP contribution in [0, 0.1) is 17.0 Å². The van der Waals surface area contributed by atoms with Gasteiger partial charge in [-0.25, -0.2) is 0 Å². The first-order valence-corrected chi connectivity index (χ1v) is 5.42. The van der Waals surface area contributed by atoms with Gasteiger partial charge < -0.3 is 4.74 Å². The largest absolute Gasteiger partial charge is 0.496 e. The van der Waals surface area contributed by atoms with Crippen LogP contribution in [0.25, 0.3) is 6.08 Å². The molecule has 0 atom stereocenters. The molecular formula is C11H12BrNO3. The van der Waals surface area contributed by atoms with Crippen LogP contribution >= 0.6 is 15.9 Å². The molecule has 86 valence electrons. The number of hydrogen-bond donors (Lipinski definition) is 0. The second-order valence-electron chi connectivity index (χ2n) is 3.39. The third-order valence-electron chi connectivity index (χ3n) is 2.16. The van der Waals surface area contributed by atoms with Crippen LogP contribution in [0.15, 0.2) is 22.3 Å². The van der Waals surface area contributed by atoms with E-state index in [9.17, 15) is 10.1 Å². The standard InChI is InChI=1S/C11H12BrNO3/c1-7-4-9(5-8(2)13(14)15)11(16-3)6-10(7)12/h4-6H,1-3H3/b8-5+. The van der Waals surface area contributed by atoms with Crippen molar-refractivity contribution in [2.75, 3.05) is 7.11 Å². The van der Waals surface area contributed by atoms with Gasteiger partial charge in [-0.2, -0.15) is 0 Å². The van der Waals surface area contributed by atoms with Gasteiger partial charge in [0.2, 0.25) is 5.70 Å². The normalized spacial score (nSPS) is 11.4. The van der Waals surface area contributed by atoms with E-state index in [1.165, 1.54) is 20.1 Å². The second kappa shape index (κ2) is 5.12. The van der Waals surface area contributed by atoms with Gasteiger partial charge in [-0.1, -0.05) is 15.9 Å². The van der Waals surface area contributed by atoms with E-state index >= 15 is 0 Å². The predicted octanol–water partition coefficient (Wildman–Crippen LogP) is 3.40. The number of rotatable bonds is 3. The molecule has 0 saturated carbocycles. The molecule has 4 nitrogen and oxygen atoms in total. The van der Waals surface area contributed by atoms with E-state index in [0.29, 0.717) is 11.3 Å². The summed E-state index contributed by atoms with van der Waals surface area (Å²) >= 11 is 3.38. The summed E-state index contributed by atoms with van der Waals surface area (Å²) in [7, 11) is 1.54. The van der Waals surface area contributed by atoms with Gasteiger partial charge in [-0.15, -0.1) is 0 Å². The van der Waals surface area contributed by atoms with Gasteiger partial charge in [-0.3, -0.25) is 10.1 Å². The van der Waals surface area contributed by atoms with Crippen molar-refractivity contribution in [3.05, 3.63) is 43.5 Å². The molecule has 0 aliphatic carbocycles. The minimum absolute atomic E-state index is 0.0834. The molecule has 0 bridgehead atoms. The molecule has 1 rings (SSSR count). The predicted molar refractivity (Wildman–Crippen MR) is 66.1 cm³/mol. The molecule has 5 heteroatoms. The van der Waals surface area contributed by atoms with Crippen LogP contribution in [0.5, 0.6) is 5.75 Å². The summed E-state index contributed by atoms with van der Waals surface area (Å²) in [5, 5.41) is 10.5. The Kier molecular flexibility index (Phi) is 4.06. The highest BCUT2D eigenvalue weighted by molar-refractivity contribution is 9.10. The van der Waals surface area contributed by atoms with E-state index in [-0.39, 0.29) is 5.70 Å². The van der Waals surface area contributed by atoms with E-state index in [1.807, 2.05) is 13.0 Å². The molecular weight excluding hydrogens is 274 g/mol. The van der Waals surface area contributed by atoms with Crippen molar-refractivity contribution in [3.63, 3.8) is 0 Å². The van der Waals surface area contributed by atoms with Crippen molar-refractivity contribution < 1.29 is 9.66 Å². The van der Waals surface area contributed by atoms with Gasteiger partial charge in [0.25, 0.3) is 0 Å². The first-order valence-electron chi connectivity index (χ1n) is 4.62. The maximum atomic E-state index is 10.5. The molecule has 0 spiro atoms. The van der Waals surface area contributed by atoms with Crippen LogP contribution in [0.2, 0.25) is 0 Å². The van der Waals surface area contributed by atoms with Crippen molar-refractivity contribution in [3.8, 4) is 5.75 Å².